The molecule has 0 bridgehead atoms. The van der Waals surface area contributed by atoms with Crippen molar-refractivity contribution in [2.45, 2.75) is 65.4 Å². The van der Waals surface area contributed by atoms with Crippen LogP contribution < -0.4 is 0 Å². The number of piperidine rings is 2. The van der Waals surface area contributed by atoms with Crippen LogP contribution in [0, 0.1) is 17.8 Å². The minimum Gasteiger partial charge on any atom is -0.393 e. The number of carbonyl (C=O) groups is 2. The lowest BCUT2D eigenvalue weighted by molar-refractivity contribution is -0.138. The molecule has 0 spiro atoms. The van der Waals surface area contributed by atoms with E-state index in [4.69, 9.17) is 0 Å². The van der Waals surface area contributed by atoms with Crippen LogP contribution in [0.2, 0.25) is 0 Å². The zero-order valence-electron chi connectivity index (χ0n) is 15.5. The summed E-state index contributed by atoms with van der Waals surface area (Å²) in [6.45, 7) is 9.46. The van der Waals surface area contributed by atoms with Gasteiger partial charge in [0.05, 0.1) is 6.10 Å². The predicted molar refractivity (Wildman–Crippen MR) is 94.4 cm³/mol. The first-order valence-corrected chi connectivity index (χ1v) is 9.63. The number of carbonyl (C=O) groups excluding carboxylic acids is 2. The molecule has 1 N–H and O–H groups in total. The number of hydrogen-bond donors (Lipinski definition) is 1. The van der Waals surface area contributed by atoms with Crippen LogP contribution in [0.4, 0.5) is 0 Å². The summed E-state index contributed by atoms with van der Waals surface area (Å²) in [7, 11) is 0. The van der Waals surface area contributed by atoms with Crippen LogP contribution in [0.3, 0.4) is 0 Å². The van der Waals surface area contributed by atoms with Crippen LogP contribution in [0.5, 0.6) is 0 Å². The Bertz CT molecular complexity index is 422. The number of aliphatic hydroxyl groups excluding tert-OH is 1. The van der Waals surface area contributed by atoms with E-state index in [-0.39, 0.29) is 23.8 Å². The van der Waals surface area contributed by atoms with Crippen LogP contribution in [0.1, 0.15) is 59.3 Å². The van der Waals surface area contributed by atoms with Gasteiger partial charge in [-0.2, -0.15) is 0 Å². The third-order valence-corrected chi connectivity index (χ3v) is 5.82. The van der Waals surface area contributed by atoms with E-state index in [1.165, 1.54) is 0 Å². The molecule has 2 heterocycles. The quantitative estimate of drug-likeness (QED) is 0.836. The van der Waals surface area contributed by atoms with Gasteiger partial charge >= 0.3 is 0 Å². The second-order valence-corrected chi connectivity index (χ2v) is 7.96. The zero-order valence-corrected chi connectivity index (χ0v) is 15.5. The minimum absolute atomic E-state index is 0.114. The van der Waals surface area contributed by atoms with Gasteiger partial charge in [-0.3, -0.25) is 9.59 Å². The summed E-state index contributed by atoms with van der Waals surface area (Å²) < 4.78 is 0. The molecule has 5 heteroatoms. The van der Waals surface area contributed by atoms with Gasteiger partial charge in [-0.15, -0.1) is 0 Å². The van der Waals surface area contributed by atoms with Crippen molar-refractivity contribution in [3.8, 4) is 0 Å². The van der Waals surface area contributed by atoms with Crippen molar-refractivity contribution in [2.24, 2.45) is 17.8 Å². The van der Waals surface area contributed by atoms with Crippen molar-refractivity contribution in [1.82, 2.24) is 9.80 Å². The highest BCUT2D eigenvalue weighted by Gasteiger charge is 2.27. The summed E-state index contributed by atoms with van der Waals surface area (Å²) in [4.78, 5) is 28.6. The van der Waals surface area contributed by atoms with Gasteiger partial charge in [-0.25, -0.2) is 0 Å². The van der Waals surface area contributed by atoms with E-state index in [0.717, 1.165) is 31.8 Å². The lowest BCUT2D eigenvalue weighted by atomic mass is 9.86. The van der Waals surface area contributed by atoms with Gasteiger partial charge in [0.15, 0.2) is 0 Å². The number of hydrogen-bond acceptors (Lipinski definition) is 3. The third kappa shape index (κ3) is 5.20. The van der Waals surface area contributed by atoms with Crippen LogP contribution in [0.15, 0.2) is 0 Å². The van der Waals surface area contributed by atoms with E-state index in [1.807, 2.05) is 16.7 Å². The fourth-order valence-corrected chi connectivity index (χ4v) is 3.84. The predicted octanol–water partition coefficient (Wildman–Crippen LogP) is 2.28. The number of rotatable bonds is 5. The maximum Gasteiger partial charge on any atom is 0.225 e. The van der Waals surface area contributed by atoms with E-state index in [9.17, 15) is 14.7 Å². The van der Waals surface area contributed by atoms with Crippen LogP contribution in [0.25, 0.3) is 0 Å². The molecule has 1 atom stereocenters. The Hall–Kier alpha value is -1.10. The van der Waals surface area contributed by atoms with Gasteiger partial charge < -0.3 is 14.9 Å². The molecular formula is C19H34N2O3. The fraction of sp³-hybridized carbons (Fsp3) is 0.895. The molecule has 5 nitrogen and oxygen atoms in total. The van der Waals surface area contributed by atoms with Crippen molar-refractivity contribution >= 4 is 11.8 Å². The minimum atomic E-state index is -0.264. The van der Waals surface area contributed by atoms with E-state index < -0.39 is 0 Å². The average molecular weight is 338 g/mol. The Morgan fingerprint density at radius 1 is 0.958 bits per heavy atom. The largest absolute Gasteiger partial charge is 0.393 e. The molecule has 2 aliphatic rings. The second-order valence-electron chi connectivity index (χ2n) is 7.96. The van der Waals surface area contributed by atoms with Gasteiger partial charge in [0.2, 0.25) is 11.8 Å². The molecule has 2 saturated heterocycles. The molecule has 2 fully saturated rings. The zero-order chi connectivity index (χ0) is 17.7. The Labute approximate surface area is 146 Å². The molecule has 2 aliphatic heterocycles. The topological polar surface area (TPSA) is 60.9 Å². The molecule has 2 amide bonds. The fourth-order valence-electron chi connectivity index (χ4n) is 3.84. The lowest BCUT2D eigenvalue weighted by Crippen LogP contribution is -2.43. The van der Waals surface area contributed by atoms with Gasteiger partial charge in [0.25, 0.3) is 0 Å². The van der Waals surface area contributed by atoms with E-state index >= 15 is 0 Å². The molecular weight excluding hydrogens is 304 g/mol. The second kappa shape index (κ2) is 8.84. The van der Waals surface area contributed by atoms with Crippen LogP contribution in [-0.2, 0) is 9.59 Å². The molecule has 0 aromatic carbocycles. The standard InChI is InChI=1S/C19H34N2O3/c1-14(2)16-6-10-20(11-7-16)18(23)5-4-15(3)19(24)21-12-8-17(22)9-13-21/h14-17,22H,4-13H2,1-3H3. The molecule has 24 heavy (non-hydrogen) atoms. The number of nitrogens with zero attached hydrogens (tertiary/aromatic N) is 2. The SMILES string of the molecule is CC(CCC(=O)N1CCC(C(C)C)CC1)C(=O)N1CCC(O)CC1. The molecule has 0 radical (unpaired) electrons. The molecule has 138 valence electrons. The van der Waals surface area contributed by atoms with Crippen LogP contribution in [-0.4, -0.2) is 59.0 Å². The first-order chi connectivity index (χ1) is 11.4. The Morgan fingerprint density at radius 3 is 2.04 bits per heavy atom. The smallest absolute Gasteiger partial charge is 0.225 e. The van der Waals surface area contributed by atoms with Crippen molar-refractivity contribution < 1.29 is 14.7 Å². The highest BCUT2D eigenvalue weighted by molar-refractivity contribution is 5.80. The third-order valence-electron chi connectivity index (χ3n) is 5.82. The van der Waals surface area contributed by atoms with Gasteiger partial charge in [-0.05, 0) is 43.9 Å². The summed E-state index contributed by atoms with van der Waals surface area (Å²) in [5.74, 6) is 1.66. The molecule has 0 aromatic rings. The Balaban J connectivity index is 1.70. The monoisotopic (exact) mass is 338 g/mol. The Morgan fingerprint density at radius 2 is 1.50 bits per heavy atom. The normalized spacial score (nSPS) is 22.0. The maximum atomic E-state index is 12.4. The summed E-state index contributed by atoms with van der Waals surface area (Å²) in [5.41, 5.74) is 0. The highest BCUT2D eigenvalue weighted by Crippen LogP contribution is 2.25. The summed E-state index contributed by atoms with van der Waals surface area (Å²) in [6.07, 6.45) is 4.38. The highest BCUT2D eigenvalue weighted by atomic mass is 16.3. The van der Waals surface area contributed by atoms with E-state index in [1.54, 1.807) is 0 Å². The lowest BCUT2D eigenvalue weighted by Gasteiger charge is -2.34. The summed E-state index contributed by atoms with van der Waals surface area (Å²) >= 11 is 0. The summed E-state index contributed by atoms with van der Waals surface area (Å²) in [6, 6.07) is 0. The van der Waals surface area contributed by atoms with Crippen molar-refractivity contribution in [2.75, 3.05) is 26.2 Å². The Kier molecular flexibility index (Phi) is 7.08. The maximum absolute atomic E-state index is 12.4. The molecule has 0 aromatic heterocycles. The average Bonchev–Trinajstić information content (AvgIpc) is 2.59. The van der Waals surface area contributed by atoms with E-state index in [0.29, 0.717) is 44.7 Å². The number of aliphatic hydroxyl groups is 1. The number of amides is 2. The molecule has 1 unspecified atom stereocenters. The molecule has 0 aliphatic carbocycles. The van der Waals surface area contributed by atoms with Crippen LogP contribution >= 0.6 is 0 Å². The van der Waals surface area contributed by atoms with Crippen molar-refractivity contribution in [3.63, 3.8) is 0 Å². The van der Waals surface area contributed by atoms with Crippen molar-refractivity contribution in [3.05, 3.63) is 0 Å². The van der Waals surface area contributed by atoms with Gasteiger partial charge in [0.1, 0.15) is 0 Å². The molecule has 2 rings (SSSR count). The van der Waals surface area contributed by atoms with E-state index in [2.05, 4.69) is 13.8 Å². The summed E-state index contributed by atoms with van der Waals surface area (Å²) in [5, 5.41) is 9.53. The first kappa shape index (κ1) is 19.2. The molecule has 0 saturated carbocycles. The van der Waals surface area contributed by atoms with Gasteiger partial charge in [0, 0.05) is 38.5 Å². The van der Waals surface area contributed by atoms with Gasteiger partial charge in [-0.1, -0.05) is 20.8 Å². The van der Waals surface area contributed by atoms with Crippen molar-refractivity contribution in [1.29, 1.82) is 0 Å². The first-order valence-electron chi connectivity index (χ1n) is 9.63. The number of likely N-dealkylation sites (tertiary alicyclic amines) is 2.